The van der Waals surface area contributed by atoms with E-state index in [2.05, 4.69) is 20.9 Å². The van der Waals surface area contributed by atoms with Crippen molar-refractivity contribution < 1.29 is 18.7 Å². The van der Waals surface area contributed by atoms with E-state index in [1.54, 1.807) is 0 Å². The molecule has 0 saturated heterocycles. The van der Waals surface area contributed by atoms with Gasteiger partial charge in [0.15, 0.2) is 0 Å². The van der Waals surface area contributed by atoms with Crippen LogP contribution >= 0.6 is 15.9 Å². The Morgan fingerprint density at radius 3 is 2.69 bits per heavy atom. The Hall–Kier alpha value is -1.08. The standard InChI is InChI=1S/C9H9BrF2N2O2/c10-7-5(2-13)4(1-6(15)16)3-14-8(7)9(11)12/h3,9H,1-2,13H2,(H,15,16). The second-order valence-corrected chi connectivity index (χ2v) is 3.83. The van der Waals surface area contributed by atoms with Gasteiger partial charge < -0.3 is 10.8 Å². The van der Waals surface area contributed by atoms with Gasteiger partial charge in [0.05, 0.1) is 6.42 Å². The molecule has 3 N–H and O–H groups in total. The minimum Gasteiger partial charge on any atom is -0.481 e. The van der Waals surface area contributed by atoms with Gasteiger partial charge in [-0.1, -0.05) is 0 Å². The Morgan fingerprint density at radius 2 is 2.25 bits per heavy atom. The zero-order valence-electron chi connectivity index (χ0n) is 8.08. The highest BCUT2D eigenvalue weighted by Crippen LogP contribution is 2.30. The number of aromatic nitrogens is 1. The lowest BCUT2D eigenvalue weighted by atomic mass is 10.1. The van der Waals surface area contributed by atoms with Crippen molar-refractivity contribution in [2.45, 2.75) is 19.4 Å². The highest BCUT2D eigenvalue weighted by molar-refractivity contribution is 9.10. The summed E-state index contributed by atoms with van der Waals surface area (Å²) >= 11 is 2.97. The van der Waals surface area contributed by atoms with Crippen LogP contribution in [0.4, 0.5) is 8.78 Å². The lowest BCUT2D eigenvalue weighted by molar-refractivity contribution is -0.136. The summed E-state index contributed by atoms with van der Waals surface area (Å²) in [6.45, 7) is -0.0224. The normalized spacial score (nSPS) is 10.8. The molecule has 1 aromatic heterocycles. The van der Waals surface area contributed by atoms with Crippen molar-refractivity contribution in [1.29, 1.82) is 0 Å². The maximum absolute atomic E-state index is 12.5. The van der Waals surface area contributed by atoms with Crippen molar-refractivity contribution in [2.75, 3.05) is 0 Å². The van der Waals surface area contributed by atoms with Crippen LogP contribution in [-0.2, 0) is 17.8 Å². The van der Waals surface area contributed by atoms with Crippen molar-refractivity contribution in [2.24, 2.45) is 5.73 Å². The largest absolute Gasteiger partial charge is 0.481 e. The van der Waals surface area contributed by atoms with Crippen molar-refractivity contribution >= 4 is 21.9 Å². The van der Waals surface area contributed by atoms with E-state index < -0.39 is 18.1 Å². The number of nitrogens with zero attached hydrogens (tertiary/aromatic N) is 1. The van der Waals surface area contributed by atoms with E-state index in [-0.39, 0.29) is 17.4 Å². The summed E-state index contributed by atoms with van der Waals surface area (Å²) in [7, 11) is 0. The van der Waals surface area contributed by atoms with Gasteiger partial charge in [0, 0.05) is 17.2 Å². The lowest BCUT2D eigenvalue weighted by Crippen LogP contribution is -2.10. The molecule has 7 heteroatoms. The second-order valence-electron chi connectivity index (χ2n) is 3.04. The summed E-state index contributed by atoms with van der Waals surface area (Å²) in [6, 6.07) is 0. The molecule has 0 aromatic carbocycles. The van der Waals surface area contributed by atoms with Gasteiger partial charge in [-0.25, -0.2) is 8.78 Å². The first-order valence-corrected chi connectivity index (χ1v) is 5.12. The lowest BCUT2D eigenvalue weighted by Gasteiger charge is -2.11. The molecular weight excluding hydrogens is 286 g/mol. The Bertz CT molecular complexity index is 413. The molecule has 0 unspecified atom stereocenters. The number of hydrogen-bond donors (Lipinski definition) is 2. The highest BCUT2D eigenvalue weighted by atomic mass is 79.9. The molecule has 0 spiro atoms. The first-order valence-electron chi connectivity index (χ1n) is 4.33. The number of carboxylic acid groups (broad SMARTS) is 1. The highest BCUT2D eigenvalue weighted by Gasteiger charge is 2.19. The molecule has 0 fully saturated rings. The van der Waals surface area contributed by atoms with E-state index in [1.165, 1.54) is 0 Å². The molecule has 0 aliphatic rings. The monoisotopic (exact) mass is 294 g/mol. The first-order chi connectivity index (χ1) is 7.47. The quantitative estimate of drug-likeness (QED) is 0.889. The van der Waals surface area contributed by atoms with Crippen LogP contribution in [0.5, 0.6) is 0 Å². The van der Waals surface area contributed by atoms with Gasteiger partial charge in [-0.05, 0) is 27.1 Å². The smallest absolute Gasteiger partial charge is 0.307 e. The number of halogens is 3. The molecule has 88 valence electrons. The summed E-state index contributed by atoms with van der Waals surface area (Å²) in [5, 5.41) is 8.62. The Labute approximate surface area is 98.6 Å². The third-order valence-corrected chi connectivity index (χ3v) is 2.87. The molecular formula is C9H9BrF2N2O2. The summed E-state index contributed by atoms with van der Waals surface area (Å²) in [5.41, 5.74) is 5.67. The fraction of sp³-hybridized carbons (Fsp3) is 0.333. The van der Waals surface area contributed by atoms with Crippen LogP contribution in [0, 0.1) is 0 Å². The van der Waals surface area contributed by atoms with Crippen LogP contribution in [0.2, 0.25) is 0 Å². The van der Waals surface area contributed by atoms with Crippen molar-refractivity contribution in [3.8, 4) is 0 Å². The molecule has 4 nitrogen and oxygen atoms in total. The molecule has 0 saturated carbocycles. The van der Waals surface area contributed by atoms with Gasteiger partial charge in [0.1, 0.15) is 5.69 Å². The zero-order valence-corrected chi connectivity index (χ0v) is 9.67. The summed E-state index contributed by atoms with van der Waals surface area (Å²) in [4.78, 5) is 14.1. The number of carboxylic acids is 1. The third kappa shape index (κ3) is 2.73. The van der Waals surface area contributed by atoms with Crippen molar-refractivity contribution in [3.05, 3.63) is 27.5 Å². The molecule has 0 aliphatic heterocycles. The first kappa shape index (κ1) is 13.0. The second kappa shape index (κ2) is 5.31. The van der Waals surface area contributed by atoms with E-state index in [0.717, 1.165) is 6.20 Å². The van der Waals surface area contributed by atoms with Gasteiger partial charge >= 0.3 is 5.97 Å². The topological polar surface area (TPSA) is 76.2 Å². The fourth-order valence-corrected chi connectivity index (χ4v) is 1.96. The van der Waals surface area contributed by atoms with Crippen LogP contribution in [-0.4, -0.2) is 16.1 Å². The number of hydrogen-bond acceptors (Lipinski definition) is 3. The average molecular weight is 295 g/mol. The number of rotatable bonds is 4. The Balaban J connectivity index is 3.23. The molecule has 1 aromatic rings. The summed E-state index contributed by atoms with van der Waals surface area (Å²) in [5.74, 6) is -1.06. The number of aliphatic carboxylic acids is 1. The summed E-state index contributed by atoms with van der Waals surface area (Å²) in [6.07, 6.45) is -1.89. The Kier molecular flexibility index (Phi) is 4.31. The average Bonchev–Trinajstić information content (AvgIpc) is 2.16. The zero-order chi connectivity index (χ0) is 12.3. The van der Waals surface area contributed by atoms with Crippen LogP contribution in [0.25, 0.3) is 0 Å². The van der Waals surface area contributed by atoms with Gasteiger partial charge in [0.2, 0.25) is 0 Å². The van der Waals surface area contributed by atoms with Gasteiger partial charge in [-0.2, -0.15) is 0 Å². The molecule has 1 rings (SSSR count). The Morgan fingerprint density at radius 1 is 1.62 bits per heavy atom. The molecule has 0 atom stereocenters. The van der Waals surface area contributed by atoms with Gasteiger partial charge in [-0.15, -0.1) is 0 Å². The van der Waals surface area contributed by atoms with Gasteiger partial charge in [0.25, 0.3) is 6.43 Å². The maximum atomic E-state index is 12.5. The van der Waals surface area contributed by atoms with Crippen LogP contribution in [0.15, 0.2) is 10.7 Å². The SMILES string of the molecule is NCc1c(CC(=O)O)cnc(C(F)F)c1Br. The molecule has 0 amide bonds. The van der Waals surface area contributed by atoms with Crippen molar-refractivity contribution in [3.63, 3.8) is 0 Å². The number of carbonyl (C=O) groups is 1. The minimum absolute atomic E-state index is 0.0224. The van der Waals surface area contributed by atoms with Crippen molar-refractivity contribution in [1.82, 2.24) is 4.98 Å². The van der Waals surface area contributed by atoms with E-state index in [1.807, 2.05) is 0 Å². The number of nitrogens with two attached hydrogens (primary N) is 1. The van der Waals surface area contributed by atoms with E-state index in [4.69, 9.17) is 10.8 Å². The molecule has 0 radical (unpaired) electrons. The molecule has 16 heavy (non-hydrogen) atoms. The third-order valence-electron chi connectivity index (χ3n) is 1.99. The molecule has 0 aliphatic carbocycles. The van der Waals surface area contributed by atoms with E-state index in [0.29, 0.717) is 11.1 Å². The number of pyridine rings is 1. The minimum atomic E-state index is -2.72. The predicted octanol–water partition coefficient (Wildman–Crippen LogP) is 1.87. The molecule has 0 bridgehead atoms. The van der Waals surface area contributed by atoms with Crippen LogP contribution < -0.4 is 5.73 Å². The van der Waals surface area contributed by atoms with Crippen LogP contribution in [0.3, 0.4) is 0 Å². The predicted molar refractivity (Wildman–Crippen MR) is 56.1 cm³/mol. The van der Waals surface area contributed by atoms with Gasteiger partial charge in [-0.3, -0.25) is 9.78 Å². The van der Waals surface area contributed by atoms with Crippen LogP contribution in [0.1, 0.15) is 23.2 Å². The molecule has 1 heterocycles. The van der Waals surface area contributed by atoms with E-state index >= 15 is 0 Å². The number of alkyl halides is 2. The maximum Gasteiger partial charge on any atom is 0.307 e. The summed E-state index contributed by atoms with van der Waals surface area (Å²) < 4.78 is 25.1. The van der Waals surface area contributed by atoms with E-state index in [9.17, 15) is 13.6 Å². The fourth-order valence-electron chi connectivity index (χ4n) is 1.27.